The van der Waals surface area contributed by atoms with Gasteiger partial charge in [-0.15, -0.1) is 0 Å². The predicted molar refractivity (Wildman–Crippen MR) is 58.5 cm³/mol. The second kappa shape index (κ2) is 4.45. The maximum atomic E-state index is 5.96. The van der Waals surface area contributed by atoms with Gasteiger partial charge in [0.25, 0.3) is 0 Å². The van der Waals surface area contributed by atoms with Crippen molar-refractivity contribution in [2.75, 3.05) is 0 Å². The van der Waals surface area contributed by atoms with Gasteiger partial charge in [0, 0.05) is 6.04 Å². The molecule has 0 saturated heterocycles. The van der Waals surface area contributed by atoms with Crippen molar-refractivity contribution in [2.24, 2.45) is 29.4 Å². The normalized spacial score (nSPS) is 39.9. The summed E-state index contributed by atoms with van der Waals surface area (Å²) in [5.74, 6) is 3.40. The lowest BCUT2D eigenvalue weighted by Gasteiger charge is -2.36. The van der Waals surface area contributed by atoms with Gasteiger partial charge in [-0.2, -0.15) is 0 Å². The van der Waals surface area contributed by atoms with E-state index in [0.29, 0.717) is 12.0 Å². The summed E-state index contributed by atoms with van der Waals surface area (Å²) in [5, 5.41) is 0. The highest BCUT2D eigenvalue weighted by molar-refractivity contribution is 4.81. The molecule has 1 rings (SSSR count). The van der Waals surface area contributed by atoms with Crippen LogP contribution in [0.5, 0.6) is 0 Å². The van der Waals surface area contributed by atoms with Crippen LogP contribution in [0.15, 0.2) is 0 Å². The molecular weight excluding hydrogens is 158 g/mol. The Morgan fingerprint density at radius 3 is 1.85 bits per heavy atom. The molecule has 2 N–H and O–H groups in total. The van der Waals surface area contributed by atoms with E-state index in [1.807, 2.05) is 0 Å². The topological polar surface area (TPSA) is 26.0 Å². The molecule has 1 heteroatoms. The van der Waals surface area contributed by atoms with E-state index < -0.39 is 0 Å². The molecular formula is C12H25N. The predicted octanol–water partition coefficient (Wildman–Crippen LogP) is 3.04. The molecule has 4 atom stereocenters. The van der Waals surface area contributed by atoms with Crippen molar-refractivity contribution in [2.45, 2.75) is 53.0 Å². The molecule has 0 aromatic carbocycles. The third-order valence-electron chi connectivity index (χ3n) is 3.79. The molecule has 0 heterocycles. The van der Waals surface area contributed by atoms with E-state index in [0.717, 1.165) is 17.8 Å². The van der Waals surface area contributed by atoms with Crippen LogP contribution in [-0.2, 0) is 0 Å². The first kappa shape index (κ1) is 11.0. The first-order valence-corrected chi connectivity index (χ1v) is 5.76. The summed E-state index contributed by atoms with van der Waals surface area (Å²) < 4.78 is 0. The van der Waals surface area contributed by atoms with Crippen LogP contribution in [0.3, 0.4) is 0 Å². The molecule has 0 aromatic rings. The van der Waals surface area contributed by atoms with Crippen molar-refractivity contribution in [1.29, 1.82) is 0 Å². The summed E-state index contributed by atoms with van der Waals surface area (Å²) in [6.45, 7) is 9.24. The maximum absolute atomic E-state index is 5.96. The van der Waals surface area contributed by atoms with Gasteiger partial charge in [0.15, 0.2) is 0 Å². The first-order valence-electron chi connectivity index (χ1n) is 5.76. The molecule has 0 radical (unpaired) electrons. The Kier molecular flexibility index (Phi) is 3.78. The van der Waals surface area contributed by atoms with Gasteiger partial charge in [0.2, 0.25) is 0 Å². The zero-order valence-electron chi connectivity index (χ0n) is 9.59. The molecule has 0 bridgehead atoms. The Hall–Kier alpha value is -0.0400. The van der Waals surface area contributed by atoms with Gasteiger partial charge < -0.3 is 5.73 Å². The van der Waals surface area contributed by atoms with E-state index in [4.69, 9.17) is 5.73 Å². The van der Waals surface area contributed by atoms with E-state index in [2.05, 4.69) is 27.7 Å². The van der Waals surface area contributed by atoms with Gasteiger partial charge in [0.1, 0.15) is 0 Å². The minimum Gasteiger partial charge on any atom is -0.328 e. The molecule has 0 amide bonds. The van der Waals surface area contributed by atoms with Crippen LogP contribution >= 0.6 is 0 Å². The smallest absolute Gasteiger partial charge is 0.00387 e. The summed E-state index contributed by atoms with van der Waals surface area (Å²) in [7, 11) is 0. The molecule has 0 aromatic heterocycles. The monoisotopic (exact) mass is 183 g/mol. The highest BCUT2D eigenvalue weighted by atomic mass is 14.6. The second-order valence-corrected chi connectivity index (χ2v) is 5.40. The molecule has 1 saturated carbocycles. The molecule has 1 aliphatic carbocycles. The SMILES string of the molecule is CC1CC(C)CC(C(C)C(C)N)C1. The quantitative estimate of drug-likeness (QED) is 0.699. The minimum absolute atomic E-state index is 0.363. The van der Waals surface area contributed by atoms with E-state index in [9.17, 15) is 0 Å². The minimum atomic E-state index is 0.363. The van der Waals surface area contributed by atoms with Gasteiger partial charge in [-0.05, 0) is 49.9 Å². The van der Waals surface area contributed by atoms with Crippen molar-refractivity contribution in [1.82, 2.24) is 0 Å². The zero-order chi connectivity index (χ0) is 10.0. The van der Waals surface area contributed by atoms with E-state index >= 15 is 0 Å². The Balaban J connectivity index is 2.49. The van der Waals surface area contributed by atoms with Crippen molar-refractivity contribution in [3.63, 3.8) is 0 Å². The Morgan fingerprint density at radius 2 is 1.46 bits per heavy atom. The molecule has 1 aliphatic rings. The Labute approximate surface area is 83.1 Å². The van der Waals surface area contributed by atoms with E-state index in [1.165, 1.54) is 19.3 Å². The standard InChI is InChI=1S/C12H25N/c1-8-5-9(2)7-12(6-8)10(3)11(4)13/h8-12H,5-7,13H2,1-4H3. The van der Waals surface area contributed by atoms with Crippen LogP contribution < -0.4 is 5.73 Å². The number of nitrogens with two attached hydrogens (primary N) is 1. The van der Waals surface area contributed by atoms with Gasteiger partial charge >= 0.3 is 0 Å². The summed E-state index contributed by atoms with van der Waals surface area (Å²) in [4.78, 5) is 0. The third kappa shape index (κ3) is 2.98. The molecule has 13 heavy (non-hydrogen) atoms. The lowest BCUT2D eigenvalue weighted by Crippen LogP contribution is -2.34. The molecule has 4 unspecified atom stereocenters. The van der Waals surface area contributed by atoms with Gasteiger partial charge in [-0.3, -0.25) is 0 Å². The van der Waals surface area contributed by atoms with Crippen molar-refractivity contribution < 1.29 is 0 Å². The average Bonchev–Trinajstić information content (AvgIpc) is 2.01. The zero-order valence-corrected chi connectivity index (χ0v) is 9.59. The summed E-state index contributed by atoms with van der Waals surface area (Å²) in [5.41, 5.74) is 5.96. The number of hydrogen-bond acceptors (Lipinski definition) is 1. The van der Waals surface area contributed by atoms with E-state index in [1.54, 1.807) is 0 Å². The van der Waals surface area contributed by atoms with Crippen LogP contribution in [0, 0.1) is 23.7 Å². The van der Waals surface area contributed by atoms with Crippen molar-refractivity contribution >= 4 is 0 Å². The largest absolute Gasteiger partial charge is 0.328 e. The Morgan fingerprint density at radius 1 is 1.00 bits per heavy atom. The maximum Gasteiger partial charge on any atom is 0.00387 e. The third-order valence-corrected chi connectivity index (χ3v) is 3.79. The van der Waals surface area contributed by atoms with Crippen LogP contribution in [0.2, 0.25) is 0 Å². The lowest BCUT2D eigenvalue weighted by molar-refractivity contribution is 0.156. The molecule has 78 valence electrons. The fourth-order valence-corrected chi connectivity index (χ4v) is 2.87. The molecule has 1 nitrogen and oxygen atoms in total. The second-order valence-electron chi connectivity index (χ2n) is 5.40. The van der Waals surface area contributed by atoms with Crippen molar-refractivity contribution in [3.05, 3.63) is 0 Å². The lowest BCUT2D eigenvalue weighted by atomic mass is 9.70. The molecule has 0 aliphatic heterocycles. The summed E-state index contributed by atoms with van der Waals surface area (Å²) in [6, 6.07) is 0.363. The van der Waals surface area contributed by atoms with Gasteiger partial charge in [-0.25, -0.2) is 0 Å². The molecule has 1 fully saturated rings. The Bertz CT molecular complexity index is 143. The highest BCUT2D eigenvalue weighted by Gasteiger charge is 2.28. The summed E-state index contributed by atoms with van der Waals surface area (Å²) >= 11 is 0. The average molecular weight is 183 g/mol. The molecule has 0 spiro atoms. The van der Waals surface area contributed by atoms with Crippen LogP contribution in [-0.4, -0.2) is 6.04 Å². The fourth-order valence-electron chi connectivity index (χ4n) is 2.87. The fraction of sp³-hybridized carbons (Fsp3) is 1.00. The number of rotatable bonds is 2. The van der Waals surface area contributed by atoms with Crippen LogP contribution in [0.4, 0.5) is 0 Å². The highest BCUT2D eigenvalue weighted by Crippen LogP contribution is 2.37. The summed E-state index contributed by atoms with van der Waals surface area (Å²) in [6.07, 6.45) is 4.21. The first-order chi connectivity index (χ1) is 6.00. The number of hydrogen-bond donors (Lipinski definition) is 1. The van der Waals surface area contributed by atoms with Crippen LogP contribution in [0.25, 0.3) is 0 Å². The van der Waals surface area contributed by atoms with E-state index in [-0.39, 0.29) is 0 Å². The van der Waals surface area contributed by atoms with Crippen molar-refractivity contribution in [3.8, 4) is 0 Å². The van der Waals surface area contributed by atoms with Gasteiger partial charge in [0.05, 0.1) is 0 Å². The van der Waals surface area contributed by atoms with Gasteiger partial charge in [-0.1, -0.05) is 20.8 Å². The van der Waals surface area contributed by atoms with Crippen LogP contribution in [0.1, 0.15) is 47.0 Å².